The summed E-state index contributed by atoms with van der Waals surface area (Å²) >= 11 is 0. The molecule has 0 bridgehead atoms. The minimum atomic E-state index is -0.0723. The van der Waals surface area contributed by atoms with Crippen molar-refractivity contribution in [3.05, 3.63) is 23.5 Å². The van der Waals surface area contributed by atoms with Crippen LogP contribution in [0.15, 0.2) is 18.3 Å². The summed E-state index contributed by atoms with van der Waals surface area (Å²) in [6.45, 7) is 0. The molecule has 1 aliphatic heterocycles. The van der Waals surface area contributed by atoms with Crippen LogP contribution >= 0.6 is 0 Å². The van der Waals surface area contributed by atoms with Crippen molar-refractivity contribution < 1.29 is 0 Å². The van der Waals surface area contributed by atoms with Crippen molar-refractivity contribution in [1.82, 2.24) is 20.3 Å². The van der Waals surface area contributed by atoms with Gasteiger partial charge in [0.05, 0.1) is 0 Å². The molecule has 0 amide bonds. The van der Waals surface area contributed by atoms with Crippen LogP contribution in [0.5, 0.6) is 0 Å². The number of pyridine rings is 1. The van der Waals surface area contributed by atoms with E-state index in [1.165, 1.54) is 0 Å². The molecular weight excluding hydrogens is 220 g/mol. The van der Waals surface area contributed by atoms with Gasteiger partial charge in [-0.15, -0.1) is 0 Å². The van der Waals surface area contributed by atoms with Crippen LogP contribution in [-0.4, -0.2) is 49.3 Å². The summed E-state index contributed by atoms with van der Waals surface area (Å²) in [6, 6.07) is 3.68. The first-order chi connectivity index (χ1) is 8.02. The quantitative estimate of drug-likeness (QED) is 0.744. The van der Waals surface area contributed by atoms with Gasteiger partial charge in [-0.25, -0.2) is 4.98 Å². The van der Waals surface area contributed by atoms with Gasteiger partial charge in [-0.2, -0.15) is 5.53 Å². The second-order valence-corrected chi connectivity index (χ2v) is 4.38. The lowest BCUT2D eigenvalue weighted by Crippen LogP contribution is -2.59. The molecule has 94 valence electrons. The summed E-state index contributed by atoms with van der Waals surface area (Å²) in [5.74, 6) is 0.390. The van der Waals surface area contributed by atoms with Crippen molar-refractivity contribution in [3.63, 3.8) is 0 Å². The molecule has 0 fully saturated rings. The summed E-state index contributed by atoms with van der Waals surface area (Å²) in [5, 5.41) is 14.2. The average Bonchev–Trinajstić information content (AvgIpc) is 2.56. The molecule has 0 radical (unpaired) electrons. The molecule has 17 heavy (non-hydrogen) atoms. The summed E-state index contributed by atoms with van der Waals surface area (Å²) in [4.78, 5) is 8.07. The first-order valence-corrected chi connectivity index (χ1v) is 5.33. The monoisotopic (exact) mass is 237 g/mol. The minimum absolute atomic E-state index is 0.0723. The van der Waals surface area contributed by atoms with Gasteiger partial charge in [0.15, 0.2) is 12.1 Å². The normalized spacial score (nSPS) is 15.3. The Balaban J connectivity index is 2.35. The Bertz CT molecular complexity index is 388. The third-order valence-electron chi connectivity index (χ3n) is 2.57. The molecule has 2 heterocycles. The van der Waals surface area contributed by atoms with E-state index in [-0.39, 0.29) is 6.29 Å². The SMILES string of the molecule is CN(C)C(N(C)C)N1NN([O-])c2ncccc21. The van der Waals surface area contributed by atoms with Gasteiger partial charge in [0.25, 0.3) is 0 Å². The van der Waals surface area contributed by atoms with Gasteiger partial charge in [0, 0.05) is 6.20 Å². The molecule has 7 heteroatoms. The topological polar surface area (TPSA) is 60.9 Å². The second kappa shape index (κ2) is 4.46. The summed E-state index contributed by atoms with van der Waals surface area (Å²) in [5.41, 5.74) is 3.52. The van der Waals surface area contributed by atoms with Gasteiger partial charge in [-0.3, -0.25) is 14.8 Å². The zero-order chi connectivity index (χ0) is 12.6. The minimum Gasteiger partial charge on any atom is -0.741 e. The van der Waals surface area contributed by atoms with Crippen molar-refractivity contribution in [3.8, 4) is 0 Å². The van der Waals surface area contributed by atoms with Gasteiger partial charge >= 0.3 is 0 Å². The zero-order valence-electron chi connectivity index (χ0n) is 10.5. The fourth-order valence-corrected chi connectivity index (χ4v) is 2.03. The second-order valence-electron chi connectivity index (χ2n) is 4.38. The maximum absolute atomic E-state index is 11.7. The van der Waals surface area contributed by atoms with Crippen molar-refractivity contribution in [2.75, 3.05) is 38.4 Å². The van der Waals surface area contributed by atoms with Crippen LogP contribution in [0.2, 0.25) is 0 Å². The van der Waals surface area contributed by atoms with Crippen LogP contribution < -0.4 is 15.7 Å². The molecule has 1 aromatic heterocycles. The third kappa shape index (κ3) is 2.05. The molecule has 1 N–H and O–H groups in total. The van der Waals surface area contributed by atoms with Crippen LogP contribution in [0, 0.1) is 5.21 Å². The number of fused-ring (bicyclic) bond motifs is 1. The molecule has 0 aliphatic carbocycles. The van der Waals surface area contributed by atoms with Gasteiger partial charge < -0.3 is 10.4 Å². The van der Waals surface area contributed by atoms with Crippen LogP contribution in [0.4, 0.5) is 11.5 Å². The van der Waals surface area contributed by atoms with E-state index in [0.29, 0.717) is 11.0 Å². The molecule has 0 atom stereocenters. The van der Waals surface area contributed by atoms with E-state index in [1.54, 1.807) is 11.2 Å². The Morgan fingerprint density at radius 1 is 1.29 bits per heavy atom. The number of aromatic nitrogens is 1. The largest absolute Gasteiger partial charge is 0.741 e. The highest BCUT2D eigenvalue weighted by atomic mass is 16.6. The van der Waals surface area contributed by atoms with Crippen LogP contribution in [-0.2, 0) is 0 Å². The highest BCUT2D eigenvalue weighted by molar-refractivity contribution is 5.70. The van der Waals surface area contributed by atoms with Crippen molar-refractivity contribution in [1.29, 1.82) is 0 Å². The summed E-state index contributed by atoms with van der Waals surface area (Å²) < 4.78 is 0. The average molecular weight is 237 g/mol. The standard InChI is InChI=1S/C10H17N6O/c1-13(2)10(14(3)4)15-8-6-5-7-11-9(8)16(17)12-15/h5-7,10,12H,1-4H3/q-1. The van der Waals surface area contributed by atoms with Crippen molar-refractivity contribution >= 4 is 11.5 Å². The number of rotatable bonds is 3. The predicted octanol–water partition coefficient (Wildman–Crippen LogP) is 0.0322. The number of nitrogens with zero attached hydrogens (tertiary/aromatic N) is 5. The van der Waals surface area contributed by atoms with E-state index in [1.807, 2.05) is 50.1 Å². The maximum atomic E-state index is 11.7. The molecule has 1 aliphatic rings. The first-order valence-electron chi connectivity index (χ1n) is 5.33. The zero-order valence-corrected chi connectivity index (χ0v) is 10.5. The lowest BCUT2D eigenvalue weighted by Gasteiger charge is -2.39. The molecule has 1 aromatic rings. The molecule has 2 rings (SSSR count). The first kappa shape index (κ1) is 12.1. The summed E-state index contributed by atoms with van der Waals surface area (Å²) in [7, 11) is 7.82. The van der Waals surface area contributed by atoms with E-state index < -0.39 is 0 Å². The number of hydrazine groups is 2. The van der Waals surface area contributed by atoms with Crippen LogP contribution in [0.3, 0.4) is 0 Å². The molecular formula is C10H17N6O-. The predicted molar refractivity (Wildman–Crippen MR) is 66.9 cm³/mol. The number of hydrogen-bond acceptors (Lipinski definition) is 7. The smallest absolute Gasteiger partial charge is 0.159 e. The van der Waals surface area contributed by atoms with E-state index in [0.717, 1.165) is 5.69 Å². The number of hydrogen-bond donors (Lipinski definition) is 1. The van der Waals surface area contributed by atoms with E-state index in [4.69, 9.17) is 0 Å². The molecule has 0 unspecified atom stereocenters. The summed E-state index contributed by atoms with van der Waals surface area (Å²) in [6.07, 6.45) is 1.53. The van der Waals surface area contributed by atoms with Gasteiger partial charge in [0.2, 0.25) is 0 Å². The van der Waals surface area contributed by atoms with E-state index >= 15 is 0 Å². The lowest BCUT2D eigenvalue weighted by molar-refractivity contribution is 0.116. The third-order valence-corrected chi connectivity index (χ3v) is 2.57. The fourth-order valence-electron chi connectivity index (χ4n) is 2.03. The lowest BCUT2D eigenvalue weighted by atomic mass is 10.3. The molecule has 0 spiro atoms. The fraction of sp³-hybridized carbons (Fsp3) is 0.500. The van der Waals surface area contributed by atoms with Crippen molar-refractivity contribution in [2.24, 2.45) is 0 Å². The Kier molecular flexibility index (Phi) is 3.16. The Labute approximate surface area is 101 Å². The van der Waals surface area contributed by atoms with Crippen molar-refractivity contribution in [2.45, 2.75) is 6.29 Å². The van der Waals surface area contributed by atoms with E-state index in [2.05, 4.69) is 10.5 Å². The molecule has 0 saturated heterocycles. The van der Waals surface area contributed by atoms with Gasteiger partial charge in [-0.05, 0) is 40.3 Å². The molecule has 7 nitrogen and oxygen atoms in total. The molecule has 0 aromatic carbocycles. The van der Waals surface area contributed by atoms with Crippen LogP contribution in [0.1, 0.15) is 0 Å². The van der Waals surface area contributed by atoms with Gasteiger partial charge in [0.1, 0.15) is 5.69 Å². The van der Waals surface area contributed by atoms with E-state index in [9.17, 15) is 5.21 Å². The number of anilines is 2. The Morgan fingerprint density at radius 2 is 1.94 bits per heavy atom. The highest BCUT2D eigenvalue weighted by Crippen LogP contribution is 2.31. The Hall–Kier alpha value is -1.41. The highest BCUT2D eigenvalue weighted by Gasteiger charge is 2.30. The molecule has 0 saturated carbocycles. The number of nitrogens with one attached hydrogen (secondary N) is 1. The van der Waals surface area contributed by atoms with Gasteiger partial charge in [-0.1, -0.05) is 0 Å². The maximum Gasteiger partial charge on any atom is 0.159 e. The van der Waals surface area contributed by atoms with Crippen LogP contribution in [0.25, 0.3) is 0 Å². The Morgan fingerprint density at radius 3 is 2.53 bits per heavy atom.